The maximum absolute atomic E-state index is 11.4. The van der Waals surface area contributed by atoms with Gasteiger partial charge in [-0.15, -0.1) is 0 Å². The lowest BCUT2D eigenvalue weighted by molar-refractivity contribution is 0.0588. The number of ether oxygens (including phenoxy) is 1. The van der Waals surface area contributed by atoms with Crippen molar-refractivity contribution in [1.82, 2.24) is 4.57 Å². The second-order valence-electron chi connectivity index (χ2n) is 3.86. The molecule has 4 heteroatoms. The van der Waals surface area contributed by atoms with Crippen LogP contribution in [-0.4, -0.2) is 23.9 Å². The summed E-state index contributed by atoms with van der Waals surface area (Å²) in [4.78, 5) is 22.0. The average Bonchev–Trinajstić information content (AvgIpc) is 2.96. The molecule has 1 aromatic rings. The van der Waals surface area contributed by atoms with Gasteiger partial charge >= 0.3 is 5.97 Å². The second-order valence-corrected chi connectivity index (χ2v) is 3.86. The van der Waals surface area contributed by atoms with Gasteiger partial charge in [0.05, 0.1) is 7.11 Å². The number of hydrogen-bond donors (Lipinski definition) is 0. The molecule has 1 aliphatic rings. The zero-order chi connectivity index (χ0) is 10.8. The number of nitrogens with zero attached hydrogens (tertiary/aromatic N) is 1. The molecule has 1 saturated carbocycles. The Hall–Kier alpha value is -1.58. The number of rotatable bonds is 4. The first-order chi connectivity index (χ1) is 7.24. The molecule has 1 aliphatic carbocycles. The van der Waals surface area contributed by atoms with Crippen molar-refractivity contribution in [3.05, 3.63) is 23.5 Å². The van der Waals surface area contributed by atoms with E-state index in [1.807, 2.05) is 4.57 Å². The summed E-state index contributed by atoms with van der Waals surface area (Å²) in [5.74, 6) is 0.268. The largest absolute Gasteiger partial charge is 0.464 e. The molecule has 0 spiro atoms. The Morgan fingerprint density at radius 2 is 2.40 bits per heavy atom. The highest BCUT2D eigenvalue weighted by Crippen LogP contribution is 2.31. The molecule has 1 aromatic heterocycles. The van der Waals surface area contributed by atoms with Crippen LogP contribution in [0.4, 0.5) is 0 Å². The SMILES string of the molecule is COC(=O)c1cc(C=O)cn1CC1CC1. The van der Waals surface area contributed by atoms with E-state index in [0.29, 0.717) is 17.2 Å². The van der Waals surface area contributed by atoms with Gasteiger partial charge in [-0.05, 0) is 24.8 Å². The molecule has 0 aliphatic heterocycles. The number of carbonyl (C=O) groups excluding carboxylic acids is 2. The van der Waals surface area contributed by atoms with E-state index in [2.05, 4.69) is 4.74 Å². The molecule has 0 amide bonds. The Kier molecular flexibility index (Phi) is 2.58. The molecule has 0 aromatic carbocycles. The Morgan fingerprint density at radius 3 is 2.93 bits per heavy atom. The number of aldehydes is 1. The molecular weight excluding hydrogens is 194 g/mol. The van der Waals surface area contributed by atoms with Gasteiger partial charge in [-0.1, -0.05) is 0 Å². The quantitative estimate of drug-likeness (QED) is 0.555. The van der Waals surface area contributed by atoms with Crippen LogP contribution < -0.4 is 0 Å². The molecular formula is C11H13NO3. The van der Waals surface area contributed by atoms with Gasteiger partial charge in [0.15, 0.2) is 6.29 Å². The first-order valence-corrected chi connectivity index (χ1v) is 4.98. The number of hydrogen-bond acceptors (Lipinski definition) is 3. The highest BCUT2D eigenvalue weighted by atomic mass is 16.5. The Morgan fingerprint density at radius 1 is 1.67 bits per heavy atom. The van der Waals surface area contributed by atoms with Crippen molar-refractivity contribution in [3.63, 3.8) is 0 Å². The standard InChI is InChI=1S/C11H13NO3/c1-15-11(14)10-4-9(7-13)6-12(10)5-8-2-3-8/h4,6-8H,2-3,5H2,1H3. The lowest BCUT2D eigenvalue weighted by Gasteiger charge is -2.05. The van der Waals surface area contributed by atoms with Gasteiger partial charge in [0.25, 0.3) is 0 Å². The van der Waals surface area contributed by atoms with Crippen LogP contribution in [0.1, 0.15) is 33.7 Å². The summed E-state index contributed by atoms with van der Waals surface area (Å²) in [6.45, 7) is 0.804. The molecule has 1 heterocycles. The predicted octanol–water partition coefficient (Wildman–Crippen LogP) is 1.50. The first-order valence-electron chi connectivity index (χ1n) is 4.98. The molecule has 0 radical (unpaired) electrons. The Balaban J connectivity index is 2.27. The van der Waals surface area contributed by atoms with Crippen molar-refractivity contribution < 1.29 is 14.3 Å². The molecule has 0 atom stereocenters. The fraction of sp³-hybridized carbons (Fsp3) is 0.455. The lowest BCUT2D eigenvalue weighted by atomic mass is 10.3. The number of carbonyl (C=O) groups is 2. The summed E-state index contributed by atoms with van der Waals surface area (Å²) >= 11 is 0. The highest BCUT2D eigenvalue weighted by molar-refractivity contribution is 5.90. The first kappa shape index (κ1) is 9.96. The van der Waals surface area contributed by atoms with E-state index in [1.165, 1.54) is 20.0 Å². The van der Waals surface area contributed by atoms with Gasteiger partial charge in [0.1, 0.15) is 5.69 Å². The molecule has 15 heavy (non-hydrogen) atoms. The molecule has 0 saturated heterocycles. The number of aromatic nitrogens is 1. The minimum atomic E-state index is -0.385. The van der Waals surface area contributed by atoms with E-state index in [0.717, 1.165) is 12.8 Å². The minimum absolute atomic E-state index is 0.385. The number of esters is 1. The van der Waals surface area contributed by atoms with Gasteiger partial charge < -0.3 is 9.30 Å². The normalized spacial score (nSPS) is 15.0. The van der Waals surface area contributed by atoms with E-state index >= 15 is 0 Å². The average molecular weight is 207 g/mol. The van der Waals surface area contributed by atoms with Crippen molar-refractivity contribution in [2.45, 2.75) is 19.4 Å². The molecule has 0 unspecified atom stereocenters. The van der Waals surface area contributed by atoms with Crippen molar-refractivity contribution >= 4 is 12.3 Å². The van der Waals surface area contributed by atoms with Crippen molar-refractivity contribution in [2.75, 3.05) is 7.11 Å². The van der Waals surface area contributed by atoms with E-state index < -0.39 is 0 Å². The molecule has 0 bridgehead atoms. The van der Waals surface area contributed by atoms with Crippen molar-refractivity contribution in [3.8, 4) is 0 Å². The smallest absolute Gasteiger partial charge is 0.354 e. The summed E-state index contributed by atoms with van der Waals surface area (Å²) in [7, 11) is 1.34. The third kappa shape index (κ3) is 2.09. The third-order valence-electron chi connectivity index (χ3n) is 2.60. The lowest BCUT2D eigenvalue weighted by Crippen LogP contribution is -2.10. The molecule has 80 valence electrons. The summed E-state index contributed by atoms with van der Waals surface area (Å²) in [6.07, 6.45) is 4.86. The minimum Gasteiger partial charge on any atom is -0.464 e. The predicted molar refractivity (Wildman–Crippen MR) is 53.9 cm³/mol. The fourth-order valence-corrected chi connectivity index (χ4v) is 1.60. The summed E-state index contributed by atoms with van der Waals surface area (Å²) < 4.78 is 6.47. The maximum atomic E-state index is 11.4. The van der Waals surface area contributed by atoms with Crippen LogP contribution in [0.15, 0.2) is 12.3 Å². The molecule has 1 fully saturated rings. The summed E-state index contributed by atoms with van der Waals surface area (Å²) in [5.41, 5.74) is 0.988. The van der Waals surface area contributed by atoms with E-state index in [4.69, 9.17) is 0 Å². The summed E-state index contributed by atoms with van der Waals surface area (Å²) in [5, 5.41) is 0. The Bertz CT molecular complexity index is 391. The topological polar surface area (TPSA) is 48.3 Å². The molecule has 0 N–H and O–H groups in total. The van der Waals surface area contributed by atoms with Crippen LogP contribution >= 0.6 is 0 Å². The van der Waals surface area contributed by atoms with Gasteiger partial charge in [-0.3, -0.25) is 4.79 Å². The van der Waals surface area contributed by atoms with Gasteiger partial charge in [0, 0.05) is 18.3 Å². The highest BCUT2D eigenvalue weighted by Gasteiger charge is 2.24. The maximum Gasteiger partial charge on any atom is 0.354 e. The van der Waals surface area contributed by atoms with Crippen LogP contribution in [0.2, 0.25) is 0 Å². The van der Waals surface area contributed by atoms with Crippen LogP contribution in [-0.2, 0) is 11.3 Å². The van der Waals surface area contributed by atoms with Crippen LogP contribution in [0, 0.1) is 5.92 Å². The zero-order valence-corrected chi connectivity index (χ0v) is 8.60. The van der Waals surface area contributed by atoms with Gasteiger partial charge in [-0.25, -0.2) is 4.79 Å². The van der Waals surface area contributed by atoms with E-state index in [-0.39, 0.29) is 5.97 Å². The van der Waals surface area contributed by atoms with Gasteiger partial charge in [0.2, 0.25) is 0 Å². The molecule has 2 rings (SSSR count). The number of methoxy groups -OCH3 is 1. The second kappa shape index (κ2) is 3.88. The van der Waals surface area contributed by atoms with Gasteiger partial charge in [-0.2, -0.15) is 0 Å². The molecule has 4 nitrogen and oxygen atoms in total. The zero-order valence-electron chi connectivity index (χ0n) is 8.60. The van der Waals surface area contributed by atoms with E-state index in [9.17, 15) is 9.59 Å². The third-order valence-corrected chi connectivity index (χ3v) is 2.60. The monoisotopic (exact) mass is 207 g/mol. The van der Waals surface area contributed by atoms with Crippen LogP contribution in [0.25, 0.3) is 0 Å². The van der Waals surface area contributed by atoms with E-state index in [1.54, 1.807) is 12.3 Å². The van der Waals surface area contributed by atoms with Crippen LogP contribution in [0.5, 0.6) is 0 Å². The van der Waals surface area contributed by atoms with Crippen molar-refractivity contribution in [1.29, 1.82) is 0 Å². The fourth-order valence-electron chi connectivity index (χ4n) is 1.60. The van der Waals surface area contributed by atoms with Crippen molar-refractivity contribution in [2.24, 2.45) is 5.92 Å². The Labute approximate surface area is 87.8 Å². The van der Waals surface area contributed by atoms with Crippen LogP contribution in [0.3, 0.4) is 0 Å². The summed E-state index contributed by atoms with van der Waals surface area (Å²) in [6, 6.07) is 1.57.